The first-order valence-electron chi connectivity index (χ1n) is 9.76. The number of carbonyl (C=O) groups is 1. The first kappa shape index (κ1) is 22.7. The Labute approximate surface area is 180 Å². The number of methoxy groups -OCH3 is 1. The second-order valence-electron chi connectivity index (χ2n) is 8.42. The molecule has 156 valence electrons. The van der Waals surface area contributed by atoms with Crippen molar-refractivity contribution in [2.75, 3.05) is 46.9 Å². The van der Waals surface area contributed by atoms with Gasteiger partial charge in [0.15, 0.2) is 5.96 Å². The molecule has 0 aromatic carbocycles. The predicted octanol–water partition coefficient (Wildman–Crippen LogP) is 1.71. The quantitative estimate of drug-likeness (QED) is 0.368. The minimum atomic E-state index is -0.221. The van der Waals surface area contributed by atoms with E-state index >= 15 is 0 Å². The van der Waals surface area contributed by atoms with Crippen molar-refractivity contribution < 1.29 is 14.3 Å². The first-order valence-corrected chi connectivity index (χ1v) is 9.76. The molecule has 0 aromatic rings. The Kier molecular flexibility index (Phi) is 7.40. The van der Waals surface area contributed by atoms with E-state index in [0.717, 1.165) is 51.4 Å². The number of amides is 1. The van der Waals surface area contributed by atoms with Crippen molar-refractivity contribution in [3.63, 3.8) is 0 Å². The first-order chi connectivity index (χ1) is 12.3. The highest BCUT2D eigenvalue weighted by Gasteiger charge is 2.58. The number of hydrogen-bond acceptors (Lipinski definition) is 4. The zero-order chi connectivity index (χ0) is 18.9. The molecule has 3 rings (SSSR count). The molecule has 1 aliphatic carbocycles. The van der Waals surface area contributed by atoms with Crippen molar-refractivity contribution in [1.82, 2.24) is 15.1 Å². The van der Waals surface area contributed by atoms with Crippen LogP contribution in [-0.2, 0) is 14.3 Å². The van der Waals surface area contributed by atoms with Crippen molar-refractivity contribution >= 4 is 35.8 Å². The molecular weight excluding hydrogens is 459 g/mol. The monoisotopic (exact) mass is 494 g/mol. The standard InChI is InChI=1S/C19H34N4O3.HI/c1-18(2)15(13-19(18,3)25-5)21-17(20-4)23-10-8-22(9-11-23)16(24)14-7-6-12-26-14;/h14-15H,6-13H2,1-5H3,(H,20,21);1H. The van der Waals surface area contributed by atoms with Crippen molar-refractivity contribution in [1.29, 1.82) is 0 Å². The van der Waals surface area contributed by atoms with Gasteiger partial charge in [0.2, 0.25) is 0 Å². The minimum Gasteiger partial charge on any atom is -0.378 e. The third-order valence-electron chi connectivity index (χ3n) is 6.89. The van der Waals surface area contributed by atoms with E-state index in [1.165, 1.54) is 0 Å². The Balaban J connectivity index is 0.00000261. The second-order valence-corrected chi connectivity index (χ2v) is 8.42. The number of halogens is 1. The summed E-state index contributed by atoms with van der Waals surface area (Å²) in [5.41, 5.74) is -0.0643. The van der Waals surface area contributed by atoms with E-state index in [2.05, 4.69) is 36.0 Å². The molecule has 0 bridgehead atoms. The molecule has 3 fully saturated rings. The van der Waals surface area contributed by atoms with Gasteiger partial charge in [-0.05, 0) is 26.2 Å². The second kappa shape index (κ2) is 8.82. The van der Waals surface area contributed by atoms with Crippen LogP contribution in [0.15, 0.2) is 4.99 Å². The van der Waals surface area contributed by atoms with Gasteiger partial charge >= 0.3 is 0 Å². The van der Waals surface area contributed by atoms with Crippen LogP contribution in [-0.4, -0.2) is 86.4 Å². The molecule has 2 aliphatic heterocycles. The van der Waals surface area contributed by atoms with Gasteiger partial charge in [0, 0.05) is 58.4 Å². The number of aliphatic imine (C=N–C) groups is 1. The fourth-order valence-electron chi connectivity index (χ4n) is 4.29. The average molecular weight is 494 g/mol. The molecular formula is C19H35IN4O3. The highest BCUT2D eigenvalue weighted by Crippen LogP contribution is 2.51. The SMILES string of the molecule is CN=C(NC1CC(C)(OC)C1(C)C)N1CCN(C(=O)C2CCCO2)CC1.I. The maximum atomic E-state index is 12.5. The lowest BCUT2D eigenvalue weighted by molar-refractivity contribution is -0.177. The number of nitrogens with zero attached hydrogens (tertiary/aromatic N) is 3. The lowest BCUT2D eigenvalue weighted by atomic mass is 9.56. The molecule has 27 heavy (non-hydrogen) atoms. The van der Waals surface area contributed by atoms with Crippen LogP contribution in [0.2, 0.25) is 0 Å². The number of carbonyl (C=O) groups excluding carboxylic acids is 1. The van der Waals surface area contributed by atoms with Gasteiger partial charge < -0.3 is 24.6 Å². The molecule has 2 saturated heterocycles. The summed E-state index contributed by atoms with van der Waals surface area (Å²) in [7, 11) is 3.62. The molecule has 8 heteroatoms. The van der Waals surface area contributed by atoms with Gasteiger partial charge in [-0.1, -0.05) is 13.8 Å². The summed E-state index contributed by atoms with van der Waals surface area (Å²) in [5.74, 6) is 1.08. The average Bonchev–Trinajstić information content (AvgIpc) is 3.19. The van der Waals surface area contributed by atoms with Crippen molar-refractivity contribution in [2.24, 2.45) is 10.4 Å². The van der Waals surface area contributed by atoms with Crippen molar-refractivity contribution in [3.8, 4) is 0 Å². The van der Waals surface area contributed by atoms with E-state index in [1.807, 2.05) is 11.9 Å². The van der Waals surface area contributed by atoms with E-state index in [4.69, 9.17) is 9.47 Å². The van der Waals surface area contributed by atoms with Crippen molar-refractivity contribution in [3.05, 3.63) is 0 Å². The summed E-state index contributed by atoms with van der Waals surface area (Å²) in [6.07, 6.45) is 2.59. The van der Waals surface area contributed by atoms with Gasteiger partial charge in [0.05, 0.1) is 5.60 Å². The van der Waals surface area contributed by atoms with Crippen LogP contribution in [0.1, 0.15) is 40.0 Å². The van der Waals surface area contributed by atoms with Crippen LogP contribution in [0.4, 0.5) is 0 Å². The number of nitrogens with one attached hydrogen (secondary N) is 1. The summed E-state index contributed by atoms with van der Waals surface area (Å²) in [6, 6.07) is 0.331. The molecule has 3 aliphatic rings. The summed E-state index contributed by atoms with van der Waals surface area (Å²) in [4.78, 5) is 21.2. The minimum absolute atomic E-state index is 0. The Morgan fingerprint density at radius 1 is 1.19 bits per heavy atom. The fraction of sp³-hybridized carbons (Fsp3) is 0.895. The Hall–Kier alpha value is -0.610. The summed E-state index contributed by atoms with van der Waals surface area (Å²) >= 11 is 0. The number of rotatable bonds is 3. The van der Waals surface area contributed by atoms with E-state index in [9.17, 15) is 4.79 Å². The van der Waals surface area contributed by atoms with Gasteiger partial charge in [-0.25, -0.2) is 0 Å². The van der Waals surface area contributed by atoms with E-state index in [-0.39, 0.29) is 47.0 Å². The highest BCUT2D eigenvalue weighted by atomic mass is 127. The van der Waals surface area contributed by atoms with Crippen LogP contribution in [0.3, 0.4) is 0 Å². The molecule has 1 amide bonds. The van der Waals surface area contributed by atoms with E-state index in [0.29, 0.717) is 12.6 Å². The highest BCUT2D eigenvalue weighted by molar-refractivity contribution is 14.0. The molecule has 1 saturated carbocycles. The van der Waals surface area contributed by atoms with Crippen LogP contribution in [0.5, 0.6) is 0 Å². The van der Waals surface area contributed by atoms with Gasteiger partial charge in [0.1, 0.15) is 6.10 Å². The topological polar surface area (TPSA) is 66.4 Å². The number of guanidine groups is 1. The summed E-state index contributed by atoms with van der Waals surface area (Å²) in [6.45, 7) is 10.4. The normalized spacial score (nSPS) is 33.3. The summed E-state index contributed by atoms with van der Waals surface area (Å²) in [5, 5.41) is 3.62. The lowest BCUT2D eigenvalue weighted by Crippen LogP contribution is -2.70. The molecule has 0 spiro atoms. The number of ether oxygens (including phenoxy) is 2. The molecule has 3 atom stereocenters. The van der Waals surface area contributed by atoms with Crippen LogP contribution in [0, 0.1) is 5.41 Å². The molecule has 0 radical (unpaired) electrons. The smallest absolute Gasteiger partial charge is 0.251 e. The largest absolute Gasteiger partial charge is 0.378 e. The third kappa shape index (κ3) is 4.22. The molecule has 2 heterocycles. The summed E-state index contributed by atoms with van der Waals surface area (Å²) < 4.78 is 11.3. The van der Waals surface area contributed by atoms with Gasteiger partial charge in [-0.3, -0.25) is 9.79 Å². The molecule has 3 unspecified atom stereocenters. The molecule has 0 aromatic heterocycles. The Bertz CT molecular complexity index is 557. The predicted molar refractivity (Wildman–Crippen MR) is 117 cm³/mol. The van der Waals surface area contributed by atoms with Gasteiger partial charge in [-0.2, -0.15) is 0 Å². The molecule has 7 nitrogen and oxygen atoms in total. The van der Waals surface area contributed by atoms with Gasteiger partial charge in [-0.15, -0.1) is 24.0 Å². The lowest BCUT2D eigenvalue weighted by Gasteiger charge is -2.59. The van der Waals surface area contributed by atoms with Gasteiger partial charge in [0.25, 0.3) is 5.91 Å². The zero-order valence-corrected chi connectivity index (χ0v) is 19.6. The van der Waals surface area contributed by atoms with Crippen LogP contribution in [0.25, 0.3) is 0 Å². The van der Waals surface area contributed by atoms with E-state index in [1.54, 1.807) is 7.11 Å². The van der Waals surface area contributed by atoms with Crippen LogP contribution >= 0.6 is 24.0 Å². The van der Waals surface area contributed by atoms with E-state index < -0.39 is 0 Å². The number of hydrogen-bond donors (Lipinski definition) is 1. The fourth-order valence-corrected chi connectivity index (χ4v) is 4.29. The number of piperazine rings is 1. The van der Waals surface area contributed by atoms with Crippen molar-refractivity contribution in [2.45, 2.75) is 57.8 Å². The maximum absolute atomic E-state index is 12.5. The molecule has 1 N–H and O–H groups in total. The van der Waals surface area contributed by atoms with Crippen LogP contribution < -0.4 is 5.32 Å². The maximum Gasteiger partial charge on any atom is 0.251 e. The zero-order valence-electron chi connectivity index (χ0n) is 17.3. The Morgan fingerprint density at radius 2 is 1.81 bits per heavy atom. The third-order valence-corrected chi connectivity index (χ3v) is 6.89. The Morgan fingerprint density at radius 3 is 2.30 bits per heavy atom.